The van der Waals surface area contributed by atoms with Crippen LogP contribution in [-0.4, -0.2) is 30.3 Å². The molecule has 0 amide bonds. The maximum atomic E-state index is 5.56. The summed E-state index contributed by atoms with van der Waals surface area (Å²) < 4.78 is 10.1. The third-order valence-electron chi connectivity index (χ3n) is 1.58. The number of aryl methyl sites for hydroxylation is 1. The molecule has 0 unspecified atom stereocenters. The third-order valence-corrected chi connectivity index (χ3v) is 1.58. The van der Waals surface area contributed by atoms with E-state index >= 15 is 0 Å². The molecule has 5 heteroatoms. The topological polar surface area (TPSA) is 70.3 Å². The Balaban J connectivity index is 2.42. The van der Waals surface area contributed by atoms with Gasteiger partial charge in [-0.1, -0.05) is 0 Å². The monoisotopic (exact) mass is 197 g/mol. The van der Waals surface area contributed by atoms with Crippen LogP contribution in [0.3, 0.4) is 0 Å². The van der Waals surface area contributed by atoms with Gasteiger partial charge in [0.2, 0.25) is 0 Å². The molecule has 0 spiro atoms. The molecule has 78 valence electrons. The number of methoxy groups -OCH3 is 1. The van der Waals surface area contributed by atoms with Gasteiger partial charge in [0, 0.05) is 18.9 Å². The molecule has 0 fully saturated rings. The van der Waals surface area contributed by atoms with Gasteiger partial charge in [-0.3, -0.25) is 0 Å². The first kappa shape index (κ1) is 10.9. The number of nitrogen functional groups attached to an aromatic ring is 1. The summed E-state index contributed by atoms with van der Waals surface area (Å²) in [6.07, 6.45) is 0. The smallest absolute Gasteiger partial charge is 0.156 e. The summed E-state index contributed by atoms with van der Waals surface area (Å²) in [6.45, 7) is 3.35. The molecule has 0 aliphatic heterocycles. The number of nitrogens with zero attached hydrogens (tertiary/aromatic N) is 2. The van der Waals surface area contributed by atoms with E-state index in [-0.39, 0.29) is 0 Å². The fourth-order valence-electron chi connectivity index (χ4n) is 1.03. The predicted octanol–water partition coefficient (Wildman–Crippen LogP) is 0.530. The van der Waals surface area contributed by atoms with Crippen LogP contribution in [0.2, 0.25) is 0 Å². The van der Waals surface area contributed by atoms with E-state index in [1.807, 2.05) is 6.92 Å². The molecule has 1 aromatic rings. The fourth-order valence-corrected chi connectivity index (χ4v) is 1.03. The minimum absolute atomic E-state index is 0.370. The van der Waals surface area contributed by atoms with Crippen LogP contribution in [0.1, 0.15) is 11.5 Å². The lowest BCUT2D eigenvalue weighted by atomic mass is 10.4. The summed E-state index contributed by atoms with van der Waals surface area (Å²) in [4.78, 5) is 8.21. The van der Waals surface area contributed by atoms with Crippen molar-refractivity contribution in [3.8, 4) is 0 Å². The standard InChI is InChI=1S/C9H15N3O2/c1-7-5-8(10)12-9(11-7)6-14-4-3-13-2/h5H,3-4,6H2,1-2H3,(H2,10,11,12). The van der Waals surface area contributed by atoms with Crippen LogP contribution in [0.25, 0.3) is 0 Å². The van der Waals surface area contributed by atoms with Crippen molar-refractivity contribution >= 4 is 5.82 Å². The molecule has 0 atom stereocenters. The highest BCUT2D eigenvalue weighted by Gasteiger charge is 1.99. The zero-order valence-corrected chi connectivity index (χ0v) is 8.49. The van der Waals surface area contributed by atoms with Crippen molar-refractivity contribution in [3.63, 3.8) is 0 Å². The largest absolute Gasteiger partial charge is 0.384 e. The summed E-state index contributed by atoms with van der Waals surface area (Å²) in [6, 6.07) is 1.72. The molecule has 0 bridgehead atoms. The van der Waals surface area contributed by atoms with E-state index < -0.39 is 0 Å². The Morgan fingerprint density at radius 3 is 2.79 bits per heavy atom. The highest BCUT2D eigenvalue weighted by atomic mass is 16.5. The molecular weight excluding hydrogens is 182 g/mol. The van der Waals surface area contributed by atoms with Gasteiger partial charge in [0.25, 0.3) is 0 Å². The van der Waals surface area contributed by atoms with Gasteiger partial charge in [-0.2, -0.15) is 0 Å². The van der Waals surface area contributed by atoms with E-state index in [4.69, 9.17) is 15.2 Å². The Hall–Kier alpha value is -1.20. The Bertz CT molecular complexity index is 271. The second-order valence-corrected chi connectivity index (χ2v) is 2.90. The van der Waals surface area contributed by atoms with Crippen LogP contribution in [-0.2, 0) is 16.1 Å². The van der Waals surface area contributed by atoms with Gasteiger partial charge >= 0.3 is 0 Å². The first-order chi connectivity index (χ1) is 6.72. The number of ether oxygens (including phenoxy) is 2. The maximum Gasteiger partial charge on any atom is 0.156 e. The molecule has 0 saturated heterocycles. The van der Waals surface area contributed by atoms with E-state index in [2.05, 4.69) is 9.97 Å². The number of hydrogen-bond donors (Lipinski definition) is 1. The molecule has 1 aromatic heterocycles. The Kier molecular flexibility index (Phi) is 4.28. The number of rotatable bonds is 5. The lowest BCUT2D eigenvalue weighted by Gasteiger charge is -2.04. The van der Waals surface area contributed by atoms with Crippen LogP contribution in [0.4, 0.5) is 5.82 Å². The van der Waals surface area contributed by atoms with Crippen molar-refractivity contribution in [1.29, 1.82) is 0 Å². The molecular formula is C9H15N3O2. The first-order valence-electron chi connectivity index (χ1n) is 4.39. The number of aromatic nitrogens is 2. The first-order valence-corrected chi connectivity index (χ1v) is 4.39. The average Bonchev–Trinajstić information content (AvgIpc) is 2.11. The van der Waals surface area contributed by atoms with Crippen molar-refractivity contribution in [2.45, 2.75) is 13.5 Å². The lowest BCUT2D eigenvalue weighted by molar-refractivity contribution is 0.0586. The zero-order chi connectivity index (χ0) is 10.4. The van der Waals surface area contributed by atoms with Gasteiger partial charge < -0.3 is 15.2 Å². The lowest BCUT2D eigenvalue weighted by Crippen LogP contribution is -2.06. The van der Waals surface area contributed by atoms with E-state index in [0.29, 0.717) is 31.5 Å². The predicted molar refractivity (Wildman–Crippen MR) is 52.7 cm³/mol. The maximum absolute atomic E-state index is 5.56. The van der Waals surface area contributed by atoms with Crippen LogP contribution >= 0.6 is 0 Å². The normalized spacial score (nSPS) is 10.4. The molecule has 5 nitrogen and oxygen atoms in total. The summed E-state index contributed by atoms with van der Waals surface area (Å²) in [5.74, 6) is 1.08. The minimum atomic E-state index is 0.370. The van der Waals surface area contributed by atoms with Crippen LogP contribution in [0, 0.1) is 6.92 Å². The molecule has 0 saturated carbocycles. The summed E-state index contributed by atoms with van der Waals surface area (Å²) >= 11 is 0. The van der Waals surface area contributed by atoms with Crippen molar-refractivity contribution in [2.75, 3.05) is 26.1 Å². The SMILES string of the molecule is COCCOCc1nc(C)cc(N)n1. The molecule has 0 aliphatic rings. The number of nitrogens with two attached hydrogens (primary N) is 1. The molecule has 1 heterocycles. The van der Waals surface area contributed by atoms with Crippen molar-refractivity contribution in [3.05, 3.63) is 17.6 Å². The van der Waals surface area contributed by atoms with Gasteiger partial charge in [-0.05, 0) is 6.92 Å². The fraction of sp³-hybridized carbons (Fsp3) is 0.556. The number of anilines is 1. The van der Waals surface area contributed by atoms with Crippen LogP contribution < -0.4 is 5.73 Å². The van der Waals surface area contributed by atoms with Crippen molar-refractivity contribution in [2.24, 2.45) is 0 Å². The average molecular weight is 197 g/mol. The highest BCUT2D eigenvalue weighted by Crippen LogP contribution is 2.02. The molecule has 0 aliphatic carbocycles. The quantitative estimate of drug-likeness (QED) is 0.697. The summed E-state index contributed by atoms with van der Waals surface area (Å²) in [7, 11) is 1.63. The second-order valence-electron chi connectivity index (χ2n) is 2.90. The van der Waals surface area contributed by atoms with E-state index in [1.165, 1.54) is 0 Å². The van der Waals surface area contributed by atoms with Crippen molar-refractivity contribution < 1.29 is 9.47 Å². The summed E-state index contributed by atoms with van der Waals surface area (Å²) in [5, 5.41) is 0. The van der Waals surface area contributed by atoms with Crippen molar-refractivity contribution in [1.82, 2.24) is 9.97 Å². The zero-order valence-electron chi connectivity index (χ0n) is 8.49. The highest BCUT2D eigenvalue weighted by molar-refractivity contribution is 5.28. The van der Waals surface area contributed by atoms with Gasteiger partial charge in [-0.25, -0.2) is 9.97 Å². The van der Waals surface area contributed by atoms with E-state index in [0.717, 1.165) is 5.69 Å². The Morgan fingerprint density at radius 2 is 2.14 bits per heavy atom. The molecule has 0 radical (unpaired) electrons. The third kappa shape index (κ3) is 3.68. The molecule has 0 aromatic carbocycles. The molecule has 14 heavy (non-hydrogen) atoms. The van der Waals surface area contributed by atoms with E-state index in [1.54, 1.807) is 13.2 Å². The van der Waals surface area contributed by atoms with Gasteiger partial charge in [-0.15, -0.1) is 0 Å². The summed E-state index contributed by atoms with van der Waals surface area (Å²) in [5.41, 5.74) is 6.41. The van der Waals surface area contributed by atoms with Gasteiger partial charge in [0.05, 0.1) is 13.2 Å². The van der Waals surface area contributed by atoms with E-state index in [9.17, 15) is 0 Å². The number of hydrogen-bond acceptors (Lipinski definition) is 5. The van der Waals surface area contributed by atoms with Gasteiger partial charge in [0.1, 0.15) is 12.4 Å². The molecule has 1 rings (SSSR count). The second kappa shape index (κ2) is 5.51. The molecule has 2 N–H and O–H groups in total. The van der Waals surface area contributed by atoms with Crippen LogP contribution in [0.15, 0.2) is 6.07 Å². The van der Waals surface area contributed by atoms with Crippen LogP contribution in [0.5, 0.6) is 0 Å². The Labute approximate surface area is 83.3 Å². The minimum Gasteiger partial charge on any atom is -0.384 e. The Morgan fingerprint density at radius 1 is 1.36 bits per heavy atom. The van der Waals surface area contributed by atoms with Gasteiger partial charge in [0.15, 0.2) is 5.82 Å².